The van der Waals surface area contributed by atoms with Gasteiger partial charge in [0.2, 0.25) is 5.91 Å². The van der Waals surface area contributed by atoms with Crippen molar-refractivity contribution in [2.24, 2.45) is 0 Å². The summed E-state index contributed by atoms with van der Waals surface area (Å²) in [5, 5.41) is 10.7. The van der Waals surface area contributed by atoms with Gasteiger partial charge in [-0.3, -0.25) is 4.79 Å². The standard InChI is InChI=1S/C16H20N4O/c21-16(12-13-4-2-1-3-5-13)19-15-8-11-18-20(15)14-6-9-17-10-7-14/h1-5,8,11,14,17H,6-7,9-10,12H2,(H,19,21). The fourth-order valence-electron chi connectivity index (χ4n) is 2.72. The summed E-state index contributed by atoms with van der Waals surface area (Å²) in [7, 11) is 0. The van der Waals surface area contributed by atoms with Crippen LogP contribution in [0.3, 0.4) is 0 Å². The molecule has 0 aliphatic carbocycles. The highest BCUT2D eigenvalue weighted by atomic mass is 16.1. The summed E-state index contributed by atoms with van der Waals surface area (Å²) in [5.74, 6) is 0.791. The largest absolute Gasteiger partial charge is 0.317 e. The lowest BCUT2D eigenvalue weighted by Gasteiger charge is -2.24. The van der Waals surface area contributed by atoms with Gasteiger partial charge in [-0.15, -0.1) is 0 Å². The third kappa shape index (κ3) is 3.49. The highest BCUT2D eigenvalue weighted by molar-refractivity contribution is 5.91. The van der Waals surface area contributed by atoms with Crippen molar-refractivity contribution in [3.05, 3.63) is 48.2 Å². The van der Waals surface area contributed by atoms with Crippen LogP contribution in [0.2, 0.25) is 0 Å². The normalized spacial score (nSPS) is 15.8. The van der Waals surface area contributed by atoms with Crippen LogP contribution in [0, 0.1) is 0 Å². The second kappa shape index (κ2) is 6.54. The van der Waals surface area contributed by atoms with E-state index in [9.17, 15) is 4.79 Å². The van der Waals surface area contributed by atoms with Crippen molar-refractivity contribution >= 4 is 11.7 Å². The topological polar surface area (TPSA) is 59.0 Å². The van der Waals surface area contributed by atoms with Crippen molar-refractivity contribution < 1.29 is 4.79 Å². The van der Waals surface area contributed by atoms with E-state index in [0.717, 1.165) is 37.3 Å². The van der Waals surface area contributed by atoms with Crippen LogP contribution in [0.25, 0.3) is 0 Å². The number of carbonyl (C=O) groups is 1. The molecule has 0 bridgehead atoms. The zero-order valence-corrected chi connectivity index (χ0v) is 12.0. The second-order valence-electron chi connectivity index (χ2n) is 5.35. The average molecular weight is 284 g/mol. The number of hydrogen-bond donors (Lipinski definition) is 2. The monoisotopic (exact) mass is 284 g/mol. The van der Waals surface area contributed by atoms with Gasteiger partial charge in [0.05, 0.1) is 18.7 Å². The van der Waals surface area contributed by atoms with Crippen molar-refractivity contribution in [2.45, 2.75) is 25.3 Å². The van der Waals surface area contributed by atoms with Gasteiger partial charge in [-0.05, 0) is 31.5 Å². The minimum atomic E-state index is -0.00288. The number of nitrogens with one attached hydrogen (secondary N) is 2. The lowest BCUT2D eigenvalue weighted by atomic mass is 10.1. The van der Waals surface area contributed by atoms with Gasteiger partial charge in [0.25, 0.3) is 0 Å². The van der Waals surface area contributed by atoms with Crippen molar-refractivity contribution in [3.8, 4) is 0 Å². The Balaban J connectivity index is 1.65. The Morgan fingerprint density at radius 2 is 2.00 bits per heavy atom. The van der Waals surface area contributed by atoms with Crippen LogP contribution in [0.5, 0.6) is 0 Å². The minimum Gasteiger partial charge on any atom is -0.317 e. The number of rotatable bonds is 4. The second-order valence-corrected chi connectivity index (χ2v) is 5.35. The van der Waals surface area contributed by atoms with Crippen molar-refractivity contribution in [1.29, 1.82) is 0 Å². The third-order valence-corrected chi connectivity index (χ3v) is 3.80. The first-order chi connectivity index (χ1) is 10.3. The Morgan fingerprint density at radius 1 is 1.24 bits per heavy atom. The fraction of sp³-hybridized carbons (Fsp3) is 0.375. The predicted molar refractivity (Wildman–Crippen MR) is 82.1 cm³/mol. The Hall–Kier alpha value is -2.14. The molecule has 0 saturated carbocycles. The molecule has 110 valence electrons. The van der Waals surface area contributed by atoms with Gasteiger partial charge in [-0.1, -0.05) is 30.3 Å². The summed E-state index contributed by atoms with van der Waals surface area (Å²) in [4.78, 5) is 12.2. The predicted octanol–water partition coefficient (Wildman–Crippen LogP) is 1.99. The van der Waals surface area contributed by atoms with E-state index in [1.54, 1.807) is 6.20 Å². The molecular formula is C16H20N4O. The highest BCUT2D eigenvalue weighted by Crippen LogP contribution is 2.22. The molecule has 2 heterocycles. The average Bonchev–Trinajstić information content (AvgIpc) is 2.97. The Kier molecular flexibility index (Phi) is 4.31. The number of benzene rings is 1. The lowest BCUT2D eigenvalue weighted by molar-refractivity contribution is -0.115. The molecule has 2 aromatic rings. The molecule has 1 saturated heterocycles. The zero-order valence-electron chi connectivity index (χ0n) is 12.0. The quantitative estimate of drug-likeness (QED) is 0.902. The summed E-state index contributed by atoms with van der Waals surface area (Å²) >= 11 is 0. The summed E-state index contributed by atoms with van der Waals surface area (Å²) in [5.41, 5.74) is 1.02. The third-order valence-electron chi connectivity index (χ3n) is 3.80. The number of carbonyl (C=O) groups excluding carboxylic acids is 1. The number of amides is 1. The number of hydrogen-bond acceptors (Lipinski definition) is 3. The van der Waals surface area contributed by atoms with Gasteiger partial charge in [0.1, 0.15) is 5.82 Å². The molecule has 21 heavy (non-hydrogen) atoms. The van der Waals surface area contributed by atoms with E-state index in [2.05, 4.69) is 15.7 Å². The molecule has 5 nitrogen and oxygen atoms in total. The molecule has 1 aliphatic heterocycles. The van der Waals surface area contributed by atoms with Gasteiger partial charge < -0.3 is 10.6 Å². The van der Waals surface area contributed by atoms with E-state index < -0.39 is 0 Å². The number of piperidine rings is 1. The van der Waals surface area contributed by atoms with Crippen LogP contribution in [0.15, 0.2) is 42.6 Å². The van der Waals surface area contributed by atoms with E-state index in [0.29, 0.717) is 12.5 Å². The molecule has 0 spiro atoms. The molecule has 0 atom stereocenters. The Bertz CT molecular complexity index is 587. The summed E-state index contributed by atoms with van der Waals surface area (Å²) < 4.78 is 1.95. The highest BCUT2D eigenvalue weighted by Gasteiger charge is 2.18. The van der Waals surface area contributed by atoms with Crippen LogP contribution in [-0.4, -0.2) is 28.8 Å². The first-order valence-electron chi connectivity index (χ1n) is 7.41. The lowest BCUT2D eigenvalue weighted by Crippen LogP contribution is -2.30. The van der Waals surface area contributed by atoms with Crippen LogP contribution >= 0.6 is 0 Å². The summed E-state index contributed by atoms with van der Waals surface area (Å²) in [6.07, 6.45) is 4.23. The van der Waals surface area contributed by atoms with Crippen LogP contribution < -0.4 is 10.6 Å². The molecule has 1 aromatic heterocycles. The molecule has 0 unspecified atom stereocenters. The van der Waals surface area contributed by atoms with Gasteiger partial charge >= 0.3 is 0 Å². The van der Waals surface area contributed by atoms with E-state index in [4.69, 9.17) is 0 Å². The molecule has 2 N–H and O–H groups in total. The van der Waals surface area contributed by atoms with Crippen LogP contribution in [0.4, 0.5) is 5.82 Å². The van der Waals surface area contributed by atoms with Gasteiger partial charge in [0.15, 0.2) is 0 Å². The first kappa shape index (κ1) is 13.8. The fourth-order valence-corrected chi connectivity index (χ4v) is 2.72. The Morgan fingerprint density at radius 3 is 2.76 bits per heavy atom. The molecule has 5 heteroatoms. The summed E-state index contributed by atoms with van der Waals surface area (Å²) in [6, 6.07) is 12.0. The van der Waals surface area contributed by atoms with Crippen molar-refractivity contribution in [1.82, 2.24) is 15.1 Å². The molecule has 3 rings (SSSR count). The maximum absolute atomic E-state index is 12.2. The van der Waals surface area contributed by atoms with Crippen molar-refractivity contribution in [2.75, 3.05) is 18.4 Å². The van der Waals surface area contributed by atoms with Crippen molar-refractivity contribution in [3.63, 3.8) is 0 Å². The van der Waals surface area contributed by atoms with E-state index in [-0.39, 0.29) is 5.91 Å². The maximum Gasteiger partial charge on any atom is 0.229 e. The smallest absolute Gasteiger partial charge is 0.229 e. The minimum absolute atomic E-state index is 0.00288. The number of anilines is 1. The SMILES string of the molecule is O=C(Cc1ccccc1)Nc1ccnn1C1CCNCC1. The van der Waals surface area contributed by atoms with Crippen LogP contribution in [0.1, 0.15) is 24.4 Å². The molecule has 1 aliphatic rings. The molecule has 1 amide bonds. The van der Waals surface area contributed by atoms with Crippen LogP contribution in [-0.2, 0) is 11.2 Å². The number of nitrogens with zero attached hydrogens (tertiary/aromatic N) is 2. The van der Waals surface area contributed by atoms with E-state index >= 15 is 0 Å². The van der Waals surface area contributed by atoms with Gasteiger partial charge in [0, 0.05) is 6.07 Å². The number of aromatic nitrogens is 2. The van der Waals surface area contributed by atoms with Gasteiger partial charge in [-0.2, -0.15) is 5.10 Å². The molecule has 0 radical (unpaired) electrons. The van der Waals surface area contributed by atoms with Gasteiger partial charge in [-0.25, -0.2) is 4.68 Å². The van der Waals surface area contributed by atoms with E-state index in [1.807, 2.05) is 41.1 Å². The maximum atomic E-state index is 12.2. The van der Waals surface area contributed by atoms with E-state index in [1.165, 1.54) is 0 Å². The summed E-state index contributed by atoms with van der Waals surface area (Å²) in [6.45, 7) is 2.00. The zero-order chi connectivity index (χ0) is 14.5. The first-order valence-corrected chi connectivity index (χ1v) is 7.41. The molecule has 1 aromatic carbocycles. The Labute approximate surface area is 124 Å². The molecular weight excluding hydrogens is 264 g/mol. The molecule has 1 fully saturated rings.